The van der Waals surface area contributed by atoms with Gasteiger partial charge in [0.2, 0.25) is 0 Å². The molecule has 7 atom stereocenters. The second-order valence-electron chi connectivity index (χ2n) is 13.1. The molecule has 0 saturated heterocycles. The zero-order chi connectivity index (χ0) is 31.9. The zero-order valence-corrected chi connectivity index (χ0v) is 27.4. The molecule has 0 bridgehead atoms. The Balaban J connectivity index is 1.99. The standard InChI is InChI=1S/C35H66O8/c1-3-4-5-6-7-8-9-10-11-15-21-31(38)33(40)23-24-34(41)32(39)22-17-16-19-29(36)18-13-12-14-20-30(37)26-28-25-27(2)43-35(28)42/h25,27,29-34,36-41H,3-24,26H2,1-2H3/t27-,29-,30+,31+,32+,33+,34+/m1/s1. The fraction of sp³-hybridized carbons (Fsp3) is 0.914. The number of carbonyl (C=O) groups excluding carboxylic acids is 1. The van der Waals surface area contributed by atoms with E-state index < -0.39 is 36.6 Å². The number of hydrogen-bond acceptors (Lipinski definition) is 8. The smallest absolute Gasteiger partial charge is 0.334 e. The molecule has 1 heterocycles. The molecule has 1 aliphatic rings. The van der Waals surface area contributed by atoms with Gasteiger partial charge in [0.25, 0.3) is 0 Å². The normalized spacial score (nSPS) is 19.5. The number of ether oxygens (including phenoxy) is 1. The highest BCUT2D eigenvalue weighted by atomic mass is 16.5. The van der Waals surface area contributed by atoms with Crippen LogP contribution in [0.15, 0.2) is 11.6 Å². The Morgan fingerprint density at radius 1 is 0.558 bits per heavy atom. The largest absolute Gasteiger partial charge is 0.455 e. The van der Waals surface area contributed by atoms with E-state index in [1.807, 2.05) is 0 Å². The zero-order valence-electron chi connectivity index (χ0n) is 27.4. The van der Waals surface area contributed by atoms with Crippen molar-refractivity contribution in [2.24, 2.45) is 0 Å². The van der Waals surface area contributed by atoms with Crippen LogP contribution >= 0.6 is 0 Å². The molecule has 0 aliphatic carbocycles. The number of cyclic esters (lactones) is 1. The fourth-order valence-electron chi connectivity index (χ4n) is 5.90. The molecule has 1 rings (SSSR count). The highest BCUT2D eigenvalue weighted by Gasteiger charge is 2.24. The van der Waals surface area contributed by atoms with Crippen LogP contribution in [0.5, 0.6) is 0 Å². The molecular formula is C35H66O8. The molecule has 0 unspecified atom stereocenters. The van der Waals surface area contributed by atoms with Gasteiger partial charge >= 0.3 is 5.97 Å². The van der Waals surface area contributed by atoms with Crippen molar-refractivity contribution in [1.29, 1.82) is 0 Å². The molecule has 0 aromatic rings. The number of aliphatic hydroxyl groups is 6. The Morgan fingerprint density at radius 2 is 0.930 bits per heavy atom. The first kappa shape index (κ1) is 40.0. The third-order valence-electron chi connectivity index (χ3n) is 8.81. The van der Waals surface area contributed by atoms with Gasteiger partial charge in [-0.2, -0.15) is 0 Å². The van der Waals surface area contributed by atoms with E-state index >= 15 is 0 Å². The van der Waals surface area contributed by atoms with Crippen molar-refractivity contribution in [2.75, 3.05) is 0 Å². The number of unbranched alkanes of at least 4 members (excludes halogenated alkanes) is 12. The van der Waals surface area contributed by atoms with Crippen molar-refractivity contribution in [1.82, 2.24) is 0 Å². The molecule has 6 N–H and O–H groups in total. The molecule has 0 fully saturated rings. The lowest BCUT2D eigenvalue weighted by Gasteiger charge is -2.22. The predicted octanol–water partition coefficient (Wildman–Crippen LogP) is 6.02. The summed E-state index contributed by atoms with van der Waals surface area (Å²) < 4.78 is 5.05. The highest BCUT2D eigenvalue weighted by molar-refractivity contribution is 5.90. The quantitative estimate of drug-likeness (QED) is 0.0443. The topological polar surface area (TPSA) is 148 Å². The minimum atomic E-state index is -0.932. The average Bonchev–Trinajstić information content (AvgIpc) is 3.29. The van der Waals surface area contributed by atoms with Crippen LogP contribution in [-0.4, -0.2) is 79.3 Å². The lowest BCUT2D eigenvalue weighted by molar-refractivity contribution is -0.139. The Bertz CT molecular complexity index is 714. The third-order valence-corrected chi connectivity index (χ3v) is 8.81. The summed E-state index contributed by atoms with van der Waals surface area (Å²) in [5.74, 6) is -0.333. The molecule has 0 spiro atoms. The van der Waals surface area contributed by atoms with Gasteiger partial charge in [0, 0.05) is 12.0 Å². The van der Waals surface area contributed by atoms with E-state index in [0.717, 1.165) is 38.5 Å². The molecule has 43 heavy (non-hydrogen) atoms. The third kappa shape index (κ3) is 20.6. The number of aliphatic hydroxyl groups excluding tert-OH is 6. The summed E-state index contributed by atoms with van der Waals surface area (Å²) >= 11 is 0. The van der Waals surface area contributed by atoms with Gasteiger partial charge in [-0.05, 0) is 57.9 Å². The van der Waals surface area contributed by atoms with Crippen LogP contribution in [0.2, 0.25) is 0 Å². The Labute approximate surface area is 261 Å². The van der Waals surface area contributed by atoms with Gasteiger partial charge in [0.1, 0.15) is 6.10 Å². The number of rotatable bonds is 29. The van der Waals surface area contributed by atoms with E-state index in [2.05, 4.69) is 6.92 Å². The monoisotopic (exact) mass is 614 g/mol. The predicted molar refractivity (Wildman–Crippen MR) is 172 cm³/mol. The molecule has 8 heteroatoms. The van der Waals surface area contributed by atoms with Crippen LogP contribution in [0, 0.1) is 0 Å². The molecular weight excluding hydrogens is 548 g/mol. The molecule has 0 amide bonds. The summed E-state index contributed by atoms with van der Waals surface area (Å²) in [4.78, 5) is 11.6. The lowest BCUT2D eigenvalue weighted by Crippen LogP contribution is -2.31. The molecule has 1 aliphatic heterocycles. The minimum absolute atomic E-state index is 0.215. The van der Waals surface area contributed by atoms with E-state index in [0.29, 0.717) is 50.5 Å². The first-order chi connectivity index (χ1) is 20.6. The number of esters is 1. The van der Waals surface area contributed by atoms with E-state index in [1.165, 1.54) is 51.4 Å². The highest BCUT2D eigenvalue weighted by Crippen LogP contribution is 2.21. The molecule has 254 valence electrons. The Morgan fingerprint density at radius 3 is 1.42 bits per heavy atom. The van der Waals surface area contributed by atoms with Crippen LogP contribution < -0.4 is 0 Å². The minimum Gasteiger partial charge on any atom is -0.455 e. The average molecular weight is 615 g/mol. The summed E-state index contributed by atoms with van der Waals surface area (Å²) in [6.07, 6.45) is 17.2. The maximum Gasteiger partial charge on any atom is 0.334 e. The van der Waals surface area contributed by atoms with Crippen molar-refractivity contribution in [3.63, 3.8) is 0 Å². The van der Waals surface area contributed by atoms with Gasteiger partial charge in [-0.3, -0.25) is 0 Å². The van der Waals surface area contributed by atoms with Crippen molar-refractivity contribution in [3.05, 3.63) is 11.6 Å². The number of carbonyl (C=O) groups is 1. The Kier molecular flexibility index (Phi) is 23.4. The van der Waals surface area contributed by atoms with Gasteiger partial charge in [-0.1, -0.05) is 103 Å². The SMILES string of the molecule is CCCCCCCCCCCC[C@H](O)[C@@H](O)CC[C@H](O)[C@@H](O)CCCC[C@H](O)CCCCC[C@H](O)CC1=C[C@@H](C)OC1=O. The molecule has 0 aromatic carbocycles. The summed E-state index contributed by atoms with van der Waals surface area (Å²) in [7, 11) is 0. The molecule has 0 saturated carbocycles. The molecule has 0 radical (unpaired) electrons. The van der Waals surface area contributed by atoms with E-state index in [-0.39, 0.29) is 24.9 Å². The summed E-state index contributed by atoms with van der Waals surface area (Å²) in [5, 5.41) is 61.5. The second-order valence-corrected chi connectivity index (χ2v) is 13.1. The van der Waals surface area contributed by atoms with Crippen molar-refractivity contribution < 1.29 is 40.2 Å². The Hall–Kier alpha value is -1.03. The summed E-state index contributed by atoms with van der Waals surface area (Å²) in [5.41, 5.74) is 0.555. The van der Waals surface area contributed by atoms with Crippen LogP contribution in [0.1, 0.15) is 162 Å². The number of hydrogen-bond donors (Lipinski definition) is 6. The fourth-order valence-corrected chi connectivity index (χ4v) is 5.90. The molecule has 0 aromatic heterocycles. The lowest BCUT2D eigenvalue weighted by atomic mass is 9.96. The van der Waals surface area contributed by atoms with E-state index in [9.17, 15) is 35.4 Å². The van der Waals surface area contributed by atoms with E-state index in [4.69, 9.17) is 4.74 Å². The first-order valence-electron chi connectivity index (χ1n) is 17.6. The van der Waals surface area contributed by atoms with Crippen molar-refractivity contribution in [3.8, 4) is 0 Å². The van der Waals surface area contributed by atoms with Gasteiger partial charge in [-0.15, -0.1) is 0 Å². The van der Waals surface area contributed by atoms with Gasteiger partial charge in [0.05, 0.1) is 36.6 Å². The van der Waals surface area contributed by atoms with Gasteiger partial charge in [-0.25, -0.2) is 4.79 Å². The molecule has 8 nitrogen and oxygen atoms in total. The van der Waals surface area contributed by atoms with Crippen LogP contribution in [0.4, 0.5) is 0 Å². The van der Waals surface area contributed by atoms with Crippen LogP contribution in [0.25, 0.3) is 0 Å². The van der Waals surface area contributed by atoms with Crippen molar-refractivity contribution >= 4 is 5.97 Å². The van der Waals surface area contributed by atoms with E-state index in [1.54, 1.807) is 13.0 Å². The first-order valence-corrected chi connectivity index (χ1v) is 17.6. The maximum atomic E-state index is 11.6. The second kappa shape index (κ2) is 25.2. The van der Waals surface area contributed by atoms with Crippen LogP contribution in [0.3, 0.4) is 0 Å². The summed E-state index contributed by atoms with van der Waals surface area (Å²) in [6.45, 7) is 4.03. The van der Waals surface area contributed by atoms with Gasteiger partial charge < -0.3 is 35.4 Å². The van der Waals surface area contributed by atoms with Crippen LogP contribution in [-0.2, 0) is 9.53 Å². The van der Waals surface area contributed by atoms with Gasteiger partial charge in [0.15, 0.2) is 0 Å². The maximum absolute atomic E-state index is 11.6. The summed E-state index contributed by atoms with van der Waals surface area (Å²) in [6, 6.07) is 0. The van der Waals surface area contributed by atoms with Crippen molar-refractivity contribution in [2.45, 2.75) is 204 Å².